The highest BCUT2D eigenvalue weighted by Crippen LogP contribution is 2.31. The van der Waals surface area contributed by atoms with Gasteiger partial charge < -0.3 is 0 Å². The van der Waals surface area contributed by atoms with Crippen molar-refractivity contribution >= 4 is 6.29 Å². The van der Waals surface area contributed by atoms with E-state index in [0.29, 0.717) is 6.07 Å². The summed E-state index contributed by atoms with van der Waals surface area (Å²) in [5.74, 6) is 0. The number of rotatable bonds is 1. The lowest BCUT2D eigenvalue weighted by atomic mass is 10.1. The van der Waals surface area contributed by atoms with Crippen molar-refractivity contribution in [2.75, 3.05) is 0 Å². The van der Waals surface area contributed by atoms with Crippen LogP contribution >= 0.6 is 0 Å². The molecule has 0 spiro atoms. The van der Waals surface area contributed by atoms with Crippen molar-refractivity contribution in [1.29, 1.82) is 5.26 Å². The molecule has 0 aliphatic carbocycles. The van der Waals surface area contributed by atoms with Gasteiger partial charge in [-0.15, -0.1) is 0 Å². The number of pyridine rings is 1. The SMILES string of the molecule is N#Cc1cc(C(F)(F)F)c(C=O)cn1. The maximum atomic E-state index is 12.3. The van der Waals surface area contributed by atoms with Gasteiger partial charge in [-0.3, -0.25) is 4.79 Å². The van der Waals surface area contributed by atoms with Gasteiger partial charge >= 0.3 is 6.18 Å². The van der Waals surface area contributed by atoms with Gasteiger partial charge in [0.1, 0.15) is 11.8 Å². The van der Waals surface area contributed by atoms with Gasteiger partial charge in [-0.05, 0) is 6.07 Å². The van der Waals surface area contributed by atoms with Gasteiger partial charge in [0.25, 0.3) is 0 Å². The van der Waals surface area contributed by atoms with Gasteiger partial charge in [0.2, 0.25) is 0 Å². The molecule has 0 saturated carbocycles. The minimum Gasteiger partial charge on any atom is -0.298 e. The average molecular weight is 200 g/mol. The Hall–Kier alpha value is -1.90. The molecule has 0 bridgehead atoms. The second-order valence-corrected chi connectivity index (χ2v) is 2.38. The molecule has 1 aromatic heterocycles. The molecule has 0 aromatic carbocycles. The van der Waals surface area contributed by atoms with Crippen molar-refractivity contribution in [3.8, 4) is 6.07 Å². The Balaban J connectivity index is 3.38. The predicted molar refractivity (Wildman–Crippen MR) is 39.3 cm³/mol. The first kappa shape index (κ1) is 10.2. The van der Waals surface area contributed by atoms with Crippen molar-refractivity contribution in [2.24, 2.45) is 0 Å². The summed E-state index contributed by atoms with van der Waals surface area (Å²) in [7, 11) is 0. The molecule has 1 aromatic rings. The van der Waals surface area contributed by atoms with E-state index in [9.17, 15) is 18.0 Å². The number of hydrogen-bond donors (Lipinski definition) is 0. The van der Waals surface area contributed by atoms with Crippen LogP contribution in [0.1, 0.15) is 21.6 Å². The molecule has 0 fully saturated rings. The fourth-order valence-electron chi connectivity index (χ4n) is 0.866. The normalized spacial score (nSPS) is 10.7. The summed E-state index contributed by atoms with van der Waals surface area (Å²) in [4.78, 5) is 13.6. The molecule has 0 N–H and O–H groups in total. The van der Waals surface area contributed by atoms with Crippen molar-refractivity contribution in [2.45, 2.75) is 6.18 Å². The van der Waals surface area contributed by atoms with Crippen LogP contribution in [-0.2, 0) is 6.18 Å². The van der Waals surface area contributed by atoms with E-state index in [1.54, 1.807) is 0 Å². The van der Waals surface area contributed by atoms with Crippen LogP contribution in [0, 0.1) is 11.3 Å². The summed E-state index contributed by atoms with van der Waals surface area (Å²) >= 11 is 0. The molecular weight excluding hydrogens is 197 g/mol. The number of carbonyl (C=O) groups excluding carboxylic acids is 1. The molecule has 0 radical (unpaired) electrons. The molecular formula is C8H3F3N2O. The zero-order valence-electron chi connectivity index (χ0n) is 6.67. The number of aldehydes is 1. The monoisotopic (exact) mass is 200 g/mol. The third-order valence-corrected chi connectivity index (χ3v) is 1.48. The summed E-state index contributed by atoms with van der Waals surface area (Å²) in [5.41, 5.74) is -2.08. The molecule has 0 amide bonds. The minimum absolute atomic E-state index is 0.0526. The van der Waals surface area contributed by atoms with Gasteiger partial charge in [-0.25, -0.2) is 4.98 Å². The molecule has 14 heavy (non-hydrogen) atoms. The van der Waals surface area contributed by atoms with Crippen LogP contribution in [0.3, 0.4) is 0 Å². The molecule has 0 unspecified atom stereocenters. The van der Waals surface area contributed by atoms with E-state index in [4.69, 9.17) is 5.26 Å². The van der Waals surface area contributed by atoms with E-state index in [0.717, 1.165) is 6.20 Å². The molecule has 0 aliphatic rings. The van der Waals surface area contributed by atoms with E-state index in [1.807, 2.05) is 0 Å². The largest absolute Gasteiger partial charge is 0.417 e. The summed E-state index contributed by atoms with van der Waals surface area (Å²) in [6.07, 6.45) is -3.86. The number of nitriles is 1. The van der Waals surface area contributed by atoms with E-state index in [-0.39, 0.29) is 12.0 Å². The maximum Gasteiger partial charge on any atom is 0.417 e. The number of halogens is 3. The Morgan fingerprint density at radius 1 is 1.50 bits per heavy atom. The van der Waals surface area contributed by atoms with Crippen molar-refractivity contribution in [3.05, 3.63) is 29.1 Å². The first-order chi connectivity index (χ1) is 6.49. The highest BCUT2D eigenvalue weighted by atomic mass is 19.4. The van der Waals surface area contributed by atoms with Crippen molar-refractivity contribution in [3.63, 3.8) is 0 Å². The number of alkyl halides is 3. The van der Waals surface area contributed by atoms with Crippen molar-refractivity contribution in [1.82, 2.24) is 4.98 Å². The zero-order valence-corrected chi connectivity index (χ0v) is 6.67. The van der Waals surface area contributed by atoms with Crippen LogP contribution in [0.15, 0.2) is 12.3 Å². The first-order valence-electron chi connectivity index (χ1n) is 3.41. The first-order valence-corrected chi connectivity index (χ1v) is 3.41. The van der Waals surface area contributed by atoms with E-state index < -0.39 is 17.3 Å². The van der Waals surface area contributed by atoms with Crippen molar-refractivity contribution < 1.29 is 18.0 Å². The molecule has 1 heterocycles. The van der Waals surface area contributed by atoms with Gasteiger partial charge in [-0.2, -0.15) is 18.4 Å². The van der Waals surface area contributed by atoms with Crippen LogP contribution < -0.4 is 0 Å². The Morgan fingerprint density at radius 2 is 2.14 bits per heavy atom. The second-order valence-electron chi connectivity index (χ2n) is 2.38. The van der Waals surface area contributed by atoms with Crippen LogP contribution in [0.2, 0.25) is 0 Å². The maximum absolute atomic E-state index is 12.3. The molecule has 3 nitrogen and oxygen atoms in total. The van der Waals surface area contributed by atoms with E-state index in [1.165, 1.54) is 6.07 Å². The Labute approximate surface area is 76.8 Å². The Morgan fingerprint density at radius 3 is 2.57 bits per heavy atom. The lowest BCUT2D eigenvalue weighted by Crippen LogP contribution is -2.10. The molecule has 0 saturated heterocycles. The highest BCUT2D eigenvalue weighted by molar-refractivity contribution is 5.77. The number of hydrogen-bond acceptors (Lipinski definition) is 3. The van der Waals surface area contributed by atoms with E-state index >= 15 is 0 Å². The Bertz CT molecular complexity index is 406. The lowest BCUT2D eigenvalue weighted by Gasteiger charge is -2.08. The zero-order chi connectivity index (χ0) is 10.8. The quantitative estimate of drug-likeness (QED) is 0.649. The molecule has 0 atom stereocenters. The number of nitrogens with zero attached hydrogens (tertiary/aromatic N) is 2. The van der Waals surface area contributed by atoms with Crippen LogP contribution in [0.25, 0.3) is 0 Å². The third kappa shape index (κ3) is 1.88. The highest BCUT2D eigenvalue weighted by Gasteiger charge is 2.33. The fourth-order valence-corrected chi connectivity index (χ4v) is 0.866. The predicted octanol–water partition coefficient (Wildman–Crippen LogP) is 1.78. The lowest BCUT2D eigenvalue weighted by molar-refractivity contribution is -0.137. The molecule has 6 heteroatoms. The summed E-state index contributed by atoms with van der Waals surface area (Å²) < 4.78 is 36.8. The standard InChI is InChI=1S/C8H3F3N2O/c9-8(10,11)7-1-6(2-12)13-3-5(7)4-14/h1,3-4H. The van der Waals surface area contributed by atoms with E-state index in [2.05, 4.69) is 4.98 Å². The summed E-state index contributed by atoms with van der Waals surface area (Å²) in [5, 5.41) is 8.32. The van der Waals surface area contributed by atoms with Gasteiger partial charge in [0.05, 0.1) is 5.56 Å². The van der Waals surface area contributed by atoms with Gasteiger partial charge in [0, 0.05) is 11.8 Å². The number of aromatic nitrogens is 1. The summed E-state index contributed by atoms with van der Waals surface area (Å²) in [6.45, 7) is 0. The van der Waals surface area contributed by atoms with Crippen LogP contribution in [0.4, 0.5) is 13.2 Å². The molecule has 72 valence electrons. The minimum atomic E-state index is -4.65. The molecule has 0 aliphatic heterocycles. The topological polar surface area (TPSA) is 53.8 Å². The molecule has 1 rings (SSSR count). The third-order valence-electron chi connectivity index (χ3n) is 1.48. The fraction of sp³-hybridized carbons (Fsp3) is 0.125. The smallest absolute Gasteiger partial charge is 0.298 e. The second kappa shape index (κ2) is 3.46. The van der Waals surface area contributed by atoms with Gasteiger partial charge in [-0.1, -0.05) is 0 Å². The average Bonchev–Trinajstić information content (AvgIpc) is 2.15. The van der Waals surface area contributed by atoms with Gasteiger partial charge in [0.15, 0.2) is 6.29 Å². The summed E-state index contributed by atoms with van der Waals surface area (Å²) in [6, 6.07) is 2.01. The number of carbonyl (C=O) groups is 1. The Kier molecular flexibility index (Phi) is 2.51. The van der Waals surface area contributed by atoms with Crippen LogP contribution in [-0.4, -0.2) is 11.3 Å². The van der Waals surface area contributed by atoms with Crippen LogP contribution in [0.5, 0.6) is 0 Å².